The molecule has 242 valence electrons. The van der Waals surface area contributed by atoms with Gasteiger partial charge in [-0.25, -0.2) is 9.38 Å². The first-order chi connectivity index (χ1) is 21.3. The Bertz CT molecular complexity index is 1490. The molecule has 2 amide bonds. The van der Waals surface area contributed by atoms with Crippen LogP contribution in [0.4, 0.5) is 17.6 Å². The van der Waals surface area contributed by atoms with Crippen molar-refractivity contribution in [3.8, 4) is 0 Å². The monoisotopic (exact) mass is 631 g/mol. The summed E-state index contributed by atoms with van der Waals surface area (Å²) in [6, 6.07) is 8.37. The number of nitrogens with two attached hydrogens (primary N) is 2. The predicted molar refractivity (Wildman–Crippen MR) is 158 cm³/mol. The number of amides is 2. The lowest BCUT2D eigenvalue weighted by atomic mass is 9.83. The van der Waals surface area contributed by atoms with Gasteiger partial charge >= 0.3 is 6.18 Å². The normalized spacial score (nSPS) is 24.5. The molecule has 0 aromatic heterocycles. The second-order valence-electron chi connectivity index (χ2n) is 12.0. The number of piperidine rings is 1. The van der Waals surface area contributed by atoms with E-state index in [1.165, 1.54) is 46.3 Å². The Morgan fingerprint density at radius 2 is 1.98 bits per heavy atom. The molecule has 2 fully saturated rings. The zero-order valence-corrected chi connectivity index (χ0v) is 25.0. The molecule has 3 aliphatic heterocycles. The highest BCUT2D eigenvalue weighted by Crippen LogP contribution is 2.40. The van der Waals surface area contributed by atoms with Crippen molar-refractivity contribution < 1.29 is 31.9 Å². The number of morpholine rings is 1. The number of ether oxygens (including phenoxy) is 1. The molecule has 2 aromatic carbocycles. The summed E-state index contributed by atoms with van der Waals surface area (Å²) in [5.74, 6) is 3.74. The van der Waals surface area contributed by atoms with E-state index in [0.717, 1.165) is 12.1 Å². The van der Waals surface area contributed by atoms with E-state index in [0.29, 0.717) is 37.1 Å². The number of hydrogen-bond donors (Lipinski definition) is 4. The number of carbonyl (C=O) groups is 2. The van der Waals surface area contributed by atoms with Crippen LogP contribution in [0.25, 0.3) is 0 Å². The van der Waals surface area contributed by atoms with E-state index in [2.05, 4.69) is 15.7 Å². The Labute approximate surface area is 258 Å². The highest BCUT2D eigenvalue weighted by atomic mass is 19.4. The van der Waals surface area contributed by atoms with Gasteiger partial charge in [0.25, 0.3) is 11.8 Å². The van der Waals surface area contributed by atoms with Gasteiger partial charge < -0.3 is 26.1 Å². The maximum absolute atomic E-state index is 14.1. The minimum absolute atomic E-state index is 0.109. The fraction of sp³-hybridized carbons (Fsp3) is 0.452. The van der Waals surface area contributed by atoms with Crippen molar-refractivity contribution in [2.45, 2.75) is 63.5 Å². The van der Waals surface area contributed by atoms with E-state index >= 15 is 0 Å². The summed E-state index contributed by atoms with van der Waals surface area (Å²) in [7, 11) is 0. The van der Waals surface area contributed by atoms with Crippen LogP contribution in [0.15, 0.2) is 59.4 Å². The average Bonchev–Trinajstić information content (AvgIpc) is 3.24. The molecular formula is C31H37F4N7O3. The molecule has 6 N–H and O–H groups in total. The molecule has 0 aliphatic carbocycles. The van der Waals surface area contributed by atoms with Gasteiger partial charge in [0.05, 0.1) is 42.1 Å². The minimum atomic E-state index is -4.80. The molecule has 45 heavy (non-hydrogen) atoms. The van der Waals surface area contributed by atoms with Gasteiger partial charge in [-0.2, -0.15) is 13.2 Å². The Kier molecular flexibility index (Phi) is 9.08. The minimum Gasteiger partial charge on any atom is -0.378 e. The van der Waals surface area contributed by atoms with Crippen molar-refractivity contribution in [2.24, 2.45) is 22.5 Å². The first-order valence-corrected chi connectivity index (χ1v) is 14.8. The number of hydrazine groups is 1. The van der Waals surface area contributed by atoms with Crippen LogP contribution in [-0.4, -0.2) is 59.4 Å². The van der Waals surface area contributed by atoms with Crippen LogP contribution in [-0.2, 0) is 27.8 Å². The van der Waals surface area contributed by atoms with E-state index in [9.17, 15) is 27.2 Å². The van der Waals surface area contributed by atoms with Gasteiger partial charge in [-0.3, -0.25) is 20.3 Å². The first-order valence-electron chi connectivity index (χ1n) is 14.8. The number of aliphatic imine (C=N–C) groups is 1. The number of guanidine groups is 1. The van der Waals surface area contributed by atoms with Crippen molar-refractivity contribution in [1.29, 1.82) is 0 Å². The summed E-state index contributed by atoms with van der Waals surface area (Å²) < 4.78 is 62.0. The third-order valence-electron chi connectivity index (χ3n) is 8.46. The van der Waals surface area contributed by atoms with Gasteiger partial charge in [0.1, 0.15) is 5.82 Å². The smallest absolute Gasteiger partial charge is 0.378 e. The van der Waals surface area contributed by atoms with Gasteiger partial charge in [-0.05, 0) is 60.6 Å². The third kappa shape index (κ3) is 6.61. The number of hydrogen-bond acceptors (Lipinski definition) is 8. The van der Waals surface area contributed by atoms with Gasteiger partial charge in [-0.1, -0.05) is 32.0 Å². The zero-order valence-electron chi connectivity index (χ0n) is 25.0. The molecule has 14 heteroatoms. The van der Waals surface area contributed by atoms with E-state index in [1.807, 2.05) is 13.8 Å². The summed E-state index contributed by atoms with van der Waals surface area (Å²) in [4.78, 5) is 34.8. The van der Waals surface area contributed by atoms with Crippen LogP contribution in [0.5, 0.6) is 0 Å². The summed E-state index contributed by atoms with van der Waals surface area (Å²) in [6.07, 6.45) is -2.14. The number of nitrogens with one attached hydrogen (secondary N) is 2. The van der Waals surface area contributed by atoms with Gasteiger partial charge in [0.2, 0.25) is 0 Å². The van der Waals surface area contributed by atoms with Crippen molar-refractivity contribution in [1.82, 2.24) is 20.5 Å². The Hall–Kier alpha value is -4.17. The number of carbonyl (C=O) groups excluding carboxylic acids is 2. The topological polar surface area (TPSA) is 138 Å². The van der Waals surface area contributed by atoms with Gasteiger partial charge in [-0.15, -0.1) is 0 Å². The maximum atomic E-state index is 14.1. The highest BCUT2D eigenvalue weighted by molar-refractivity contribution is 6.07. The predicted octanol–water partition coefficient (Wildman–Crippen LogP) is 3.34. The van der Waals surface area contributed by atoms with Crippen LogP contribution in [0, 0.1) is 11.7 Å². The summed E-state index contributed by atoms with van der Waals surface area (Å²) >= 11 is 0. The SMILES string of the molecule is CC(C)CCC1(c2ccc(F)cc2)N=C(N)N(Cc2ccc(C(F)(F)F)c(C(=O)N3CC[C@H]4OC/C(=C/NN)N[C@H]4C3)c2)C1=O. The molecule has 0 spiro atoms. The Morgan fingerprint density at radius 1 is 1.24 bits per heavy atom. The molecule has 0 radical (unpaired) electrons. The van der Waals surface area contributed by atoms with Crippen LogP contribution in [0.2, 0.25) is 0 Å². The molecule has 2 aromatic rings. The number of nitrogens with zero attached hydrogens (tertiary/aromatic N) is 3. The Morgan fingerprint density at radius 3 is 2.64 bits per heavy atom. The second kappa shape index (κ2) is 12.7. The summed E-state index contributed by atoms with van der Waals surface area (Å²) in [6.45, 7) is 4.40. The maximum Gasteiger partial charge on any atom is 0.417 e. The molecule has 3 aliphatic rings. The molecule has 5 rings (SSSR count). The number of fused-ring (bicyclic) bond motifs is 1. The average molecular weight is 632 g/mol. The van der Waals surface area contributed by atoms with E-state index < -0.39 is 40.5 Å². The molecule has 10 nitrogen and oxygen atoms in total. The zero-order chi connectivity index (χ0) is 32.5. The lowest BCUT2D eigenvalue weighted by Crippen LogP contribution is -2.58. The molecule has 3 atom stereocenters. The Balaban J connectivity index is 1.42. The first kappa shape index (κ1) is 32.2. The van der Waals surface area contributed by atoms with Gasteiger partial charge in [0, 0.05) is 19.3 Å². The number of alkyl halides is 3. The second-order valence-corrected chi connectivity index (χ2v) is 12.0. The molecule has 0 saturated carbocycles. The quantitative estimate of drug-likeness (QED) is 0.199. The third-order valence-corrected chi connectivity index (χ3v) is 8.46. The van der Waals surface area contributed by atoms with E-state index in [1.54, 1.807) is 0 Å². The number of rotatable bonds is 8. The number of likely N-dealkylation sites (tertiary alicyclic amines) is 1. The van der Waals surface area contributed by atoms with Crippen LogP contribution in [0.3, 0.4) is 0 Å². The molecular weight excluding hydrogens is 594 g/mol. The lowest BCUT2D eigenvalue weighted by Gasteiger charge is -2.42. The van der Waals surface area contributed by atoms with Crippen molar-refractivity contribution >= 4 is 17.8 Å². The number of halogens is 4. The van der Waals surface area contributed by atoms with Crippen molar-refractivity contribution in [3.63, 3.8) is 0 Å². The standard InChI is InChI=1S/C31H37F4N7O3/c1-18(2)9-11-30(20-4-6-21(32)7-5-20)28(44)42(29(36)40-30)15-19-3-8-24(31(33,34)35)23(13-19)27(43)41-12-10-26-25(16-41)39-22(14-38-37)17-45-26/h3-8,13-14,18,25-26,38-39H,9-12,15-17,37H2,1-2H3,(H2,36,40)/b22-14-/t25-,26+,30?/m0/s1. The van der Waals surface area contributed by atoms with E-state index in [-0.39, 0.29) is 49.2 Å². The number of benzene rings is 2. The van der Waals surface area contributed by atoms with Crippen molar-refractivity contribution in [3.05, 3.63) is 82.4 Å². The summed E-state index contributed by atoms with van der Waals surface area (Å²) in [5, 5.41) is 3.23. The largest absolute Gasteiger partial charge is 0.417 e. The highest BCUT2D eigenvalue weighted by Gasteiger charge is 2.49. The van der Waals surface area contributed by atoms with Crippen LogP contribution < -0.4 is 22.3 Å². The van der Waals surface area contributed by atoms with Crippen molar-refractivity contribution in [2.75, 3.05) is 19.7 Å². The molecule has 1 unspecified atom stereocenters. The fourth-order valence-corrected chi connectivity index (χ4v) is 6.08. The van der Waals surface area contributed by atoms with Crippen LogP contribution in [0.1, 0.15) is 60.2 Å². The molecule has 2 saturated heterocycles. The van der Waals surface area contributed by atoms with Gasteiger partial charge in [0.15, 0.2) is 11.5 Å². The molecule has 0 bridgehead atoms. The summed E-state index contributed by atoms with van der Waals surface area (Å²) in [5.41, 5.74) is 7.07. The fourth-order valence-electron chi connectivity index (χ4n) is 6.08. The van der Waals surface area contributed by atoms with Crippen LogP contribution >= 0.6 is 0 Å². The van der Waals surface area contributed by atoms with E-state index in [4.69, 9.17) is 16.3 Å². The lowest BCUT2D eigenvalue weighted by molar-refractivity contribution is -0.138. The molecule has 3 heterocycles.